The molecule has 1 aliphatic rings. The number of nitrogens with zero attached hydrogens (tertiary/aromatic N) is 1. The van der Waals surface area contributed by atoms with Crippen LogP contribution in [0.5, 0.6) is 0 Å². The number of hydrogen-bond acceptors (Lipinski definition) is 6. The van der Waals surface area contributed by atoms with Gasteiger partial charge >= 0.3 is 11.9 Å². The van der Waals surface area contributed by atoms with Crippen molar-refractivity contribution in [2.45, 2.75) is 65.5 Å². The van der Waals surface area contributed by atoms with Gasteiger partial charge in [-0.3, -0.25) is 14.4 Å². The number of esters is 1. The molecule has 0 fully saturated rings. The van der Waals surface area contributed by atoms with E-state index in [1.807, 2.05) is 38.1 Å². The molecule has 0 bridgehead atoms. The molecule has 1 amide bonds. The van der Waals surface area contributed by atoms with Gasteiger partial charge in [0, 0.05) is 24.7 Å². The van der Waals surface area contributed by atoms with Crippen LogP contribution in [0.25, 0.3) is 0 Å². The fraction of sp³-hybridized carbons (Fsp3) is 0.625. The minimum Gasteiger partial charge on any atom is -0.481 e. The van der Waals surface area contributed by atoms with E-state index in [0.29, 0.717) is 19.4 Å². The molecule has 2 rings (SSSR count). The fourth-order valence-corrected chi connectivity index (χ4v) is 4.24. The fourth-order valence-electron chi connectivity index (χ4n) is 4.24. The van der Waals surface area contributed by atoms with E-state index in [9.17, 15) is 19.5 Å². The van der Waals surface area contributed by atoms with Crippen molar-refractivity contribution < 1.29 is 29.3 Å². The highest BCUT2D eigenvalue weighted by Crippen LogP contribution is 2.34. The number of ether oxygens (including phenoxy) is 1. The first-order chi connectivity index (χ1) is 14.9. The van der Waals surface area contributed by atoms with Crippen molar-refractivity contribution in [3.8, 4) is 0 Å². The van der Waals surface area contributed by atoms with Gasteiger partial charge in [-0.05, 0) is 43.2 Å². The van der Waals surface area contributed by atoms with E-state index in [1.54, 1.807) is 11.8 Å². The summed E-state index contributed by atoms with van der Waals surface area (Å²) in [5.41, 5.74) is 7.34. The summed E-state index contributed by atoms with van der Waals surface area (Å²) in [4.78, 5) is 38.4. The molecule has 1 aromatic rings. The lowest BCUT2D eigenvalue weighted by Crippen LogP contribution is -2.45. The molecule has 1 aromatic carbocycles. The van der Waals surface area contributed by atoms with E-state index in [0.717, 1.165) is 11.3 Å². The Morgan fingerprint density at radius 1 is 1.28 bits per heavy atom. The smallest absolute Gasteiger partial charge is 0.311 e. The number of hydrogen-bond donors (Lipinski definition) is 3. The van der Waals surface area contributed by atoms with E-state index in [1.165, 1.54) is 6.92 Å². The second kappa shape index (κ2) is 10.9. The molecule has 178 valence electrons. The average Bonchev–Trinajstić information content (AvgIpc) is 2.72. The summed E-state index contributed by atoms with van der Waals surface area (Å²) in [6, 6.07) is 6.90. The van der Waals surface area contributed by atoms with Gasteiger partial charge in [0.15, 0.2) is 0 Å². The van der Waals surface area contributed by atoms with Crippen molar-refractivity contribution in [1.29, 1.82) is 0 Å². The van der Waals surface area contributed by atoms with Gasteiger partial charge < -0.3 is 25.6 Å². The van der Waals surface area contributed by atoms with Gasteiger partial charge in [-0.2, -0.15) is 0 Å². The lowest BCUT2D eigenvalue weighted by Gasteiger charge is -2.36. The van der Waals surface area contributed by atoms with Gasteiger partial charge in [0.25, 0.3) is 0 Å². The molecule has 0 saturated heterocycles. The van der Waals surface area contributed by atoms with Crippen molar-refractivity contribution in [2.75, 3.05) is 18.1 Å². The molecular weight excluding hydrogens is 412 g/mol. The third-order valence-corrected chi connectivity index (χ3v) is 6.00. The van der Waals surface area contributed by atoms with Crippen LogP contribution in [0, 0.1) is 17.3 Å². The summed E-state index contributed by atoms with van der Waals surface area (Å²) in [6.45, 7) is 7.64. The van der Waals surface area contributed by atoms with E-state index in [4.69, 9.17) is 15.6 Å². The molecule has 0 radical (unpaired) electrons. The number of anilines is 1. The lowest BCUT2D eigenvalue weighted by atomic mass is 9.79. The number of rotatable bonds is 10. The Morgan fingerprint density at radius 2 is 1.94 bits per heavy atom. The predicted octanol–water partition coefficient (Wildman–Crippen LogP) is 2.36. The summed E-state index contributed by atoms with van der Waals surface area (Å²) >= 11 is 0. The number of carbonyl (C=O) groups is 3. The van der Waals surface area contributed by atoms with Crippen molar-refractivity contribution in [3.05, 3.63) is 29.8 Å². The van der Waals surface area contributed by atoms with Gasteiger partial charge in [-0.15, -0.1) is 0 Å². The number of amides is 1. The van der Waals surface area contributed by atoms with Crippen LogP contribution in [0.3, 0.4) is 0 Å². The Labute approximate surface area is 189 Å². The van der Waals surface area contributed by atoms with Gasteiger partial charge in [-0.25, -0.2) is 0 Å². The van der Waals surface area contributed by atoms with E-state index in [2.05, 4.69) is 0 Å². The summed E-state index contributed by atoms with van der Waals surface area (Å²) < 4.78 is 5.19. The van der Waals surface area contributed by atoms with Crippen LogP contribution in [-0.2, 0) is 25.5 Å². The van der Waals surface area contributed by atoms with Crippen LogP contribution in [0.15, 0.2) is 24.3 Å². The number of aliphatic hydroxyl groups is 1. The summed E-state index contributed by atoms with van der Waals surface area (Å²) in [7, 11) is 0. The first kappa shape index (κ1) is 25.8. The highest BCUT2D eigenvalue weighted by molar-refractivity contribution is 5.96. The molecule has 1 aliphatic heterocycles. The predicted molar refractivity (Wildman–Crippen MR) is 121 cm³/mol. The molecule has 0 spiro atoms. The number of aliphatic hydroxyl groups excluding tert-OH is 1. The number of carbonyl (C=O) groups excluding carboxylic acids is 2. The van der Waals surface area contributed by atoms with E-state index >= 15 is 0 Å². The third-order valence-electron chi connectivity index (χ3n) is 6.00. The highest BCUT2D eigenvalue weighted by Gasteiger charge is 2.36. The average molecular weight is 449 g/mol. The molecule has 32 heavy (non-hydrogen) atoms. The highest BCUT2D eigenvalue weighted by atomic mass is 16.5. The maximum absolute atomic E-state index is 13.3. The molecule has 8 heteroatoms. The van der Waals surface area contributed by atoms with Crippen molar-refractivity contribution in [2.24, 2.45) is 23.0 Å². The van der Waals surface area contributed by atoms with E-state index < -0.39 is 35.4 Å². The van der Waals surface area contributed by atoms with Crippen LogP contribution >= 0.6 is 0 Å². The topological polar surface area (TPSA) is 130 Å². The van der Waals surface area contributed by atoms with Gasteiger partial charge in [0.2, 0.25) is 5.91 Å². The molecule has 0 saturated carbocycles. The van der Waals surface area contributed by atoms with Gasteiger partial charge in [-0.1, -0.05) is 39.0 Å². The Kier molecular flexibility index (Phi) is 8.81. The molecule has 0 aliphatic carbocycles. The number of para-hydroxylation sites is 1. The second-order valence-corrected chi connectivity index (χ2v) is 9.54. The quantitative estimate of drug-likeness (QED) is 0.468. The van der Waals surface area contributed by atoms with Crippen molar-refractivity contribution in [1.82, 2.24) is 0 Å². The molecule has 1 heterocycles. The van der Waals surface area contributed by atoms with Crippen LogP contribution in [0.1, 0.15) is 52.5 Å². The lowest BCUT2D eigenvalue weighted by molar-refractivity contribution is -0.148. The maximum atomic E-state index is 13.3. The van der Waals surface area contributed by atoms with Crippen LogP contribution in [-0.4, -0.2) is 53.4 Å². The maximum Gasteiger partial charge on any atom is 0.311 e. The standard InChI is InChI=1S/C24H36N2O6/c1-5-32-23(31)17-11-16-8-6-7-9-19(16)26(14-17)21(28)13-24(3,4)12-18(25)20(27)10-15(2)22(29)30/h6-9,15,17-18,20,27H,5,10-14,25H2,1-4H3,(H,29,30)/t15-,17-,18+,20+/m1/s1. The Bertz CT molecular complexity index is 824. The van der Waals surface area contributed by atoms with E-state index in [-0.39, 0.29) is 31.3 Å². The minimum atomic E-state index is -0.981. The zero-order valence-corrected chi connectivity index (χ0v) is 19.4. The monoisotopic (exact) mass is 448 g/mol. The largest absolute Gasteiger partial charge is 0.481 e. The number of fused-ring (bicyclic) bond motifs is 1. The Balaban J connectivity index is 2.10. The number of aliphatic carboxylic acids is 1. The summed E-state index contributed by atoms with van der Waals surface area (Å²) in [6.07, 6.45) is 0.135. The normalized spacial score (nSPS) is 18.9. The summed E-state index contributed by atoms with van der Waals surface area (Å²) in [5, 5.41) is 19.4. The SMILES string of the molecule is CCOC(=O)[C@@H]1Cc2ccccc2N(C(=O)CC(C)(C)C[C@H](N)[C@@H](O)C[C@@H](C)C(=O)O)C1. The van der Waals surface area contributed by atoms with Crippen LogP contribution in [0.4, 0.5) is 5.69 Å². The zero-order valence-electron chi connectivity index (χ0n) is 19.4. The van der Waals surface area contributed by atoms with Crippen molar-refractivity contribution >= 4 is 23.5 Å². The molecule has 0 unspecified atom stereocenters. The summed E-state index contributed by atoms with van der Waals surface area (Å²) in [5.74, 6) is -2.54. The molecule has 0 aromatic heterocycles. The van der Waals surface area contributed by atoms with Crippen LogP contribution in [0.2, 0.25) is 0 Å². The van der Waals surface area contributed by atoms with Gasteiger partial charge in [0.05, 0.1) is 24.5 Å². The second-order valence-electron chi connectivity index (χ2n) is 9.54. The zero-order chi connectivity index (χ0) is 24.1. The Morgan fingerprint density at radius 3 is 2.56 bits per heavy atom. The minimum absolute atomic E-state index is 0.0568. The molecule has 4 N–H and O–H groups in total. The molecular formula is C24H36N2O6. The van der Waals surface area contributed by atoms with Gasteiger partial charge in [0.1, 0.15) is 0 Å². The third kappa shape index (κ3) is 6.77. The molecule has 4 atom stereocenters. The number of benzene rings is 1. The number of nitrogens with two attached hydrogens (primary N) is 1. The van der Waals surface area contributed by atoms with Crippen molar-refractivity contribution in [3.63, 3.8) is 0 Å². The van der Waals surface area contributed by atoms with Crippen LogP contribution < -0.4 is 10.6 Å². The Hall–Kier alpha value is -2.45. The number of carboxylic acids is 1. The first-order valence-corrected chi connectivity index (χ1v) is 11.2. The molecule has 8 nitrogen and oxygen atoms in total. The number of carboxylic acid groups (broad SMARTS) is 1. The first-order valence-electron chi connectivity index (χ1n) is 11.2.